The van der Waals surface area contributed by atoms with E-state index in [0.717, 1.165) is 41.7 Å². The highest BCUT2D eigenvalue weighted by Gasteiger charge is 2.27. The third kappa shape index (κ3) is 2.99. The maximum absolute atomic E-state index is 13.2. The first-order valence-electron chi connectivity index (χ1n) is 10.2. The van der Waals surface area contributed by atoms with Crippen molar-refractivity contribution in [1.29, 1.82) is 0 Å². The number of nitrogens with one attached hydrogen (secondary N) is 1. The van der Waals surface area contributed by atoms with Crippen molar-refractivity contribution in [2.24, 2.45) is 0 Å². The number of hydrogen-bond acceptors (Lipinski definition) is 5. The number of anilines is 2. The second-order valence-electron chi connectivity index (χ2n) is 7.77. The molecule has 0 amide bonds. The maximum Gasteiger partial charge on any atom is 0.281 e. The smallest absolute Gasteiger partial charge is 0.281 e. The highest BCUT2D eigenvalue weighted by atomic mass is 32.2. The molecule has 0 saturated heterocycles. The third-order valence-corrected chi connectivity index (χ3v) is 7.75. The SMILES string of the molecule is CCn1cc(-c2ccc3c(c2)N(C)CC3)c2c(N(C)S(=O)(=O)c3ccn[nH]3)ccnc21. The number of fused-ring (bicyclic) bond motifs is 2. The van der Waals surface area contributed by atoms with Gasteiger partial charge in [-0.15, -0.1) is 0 Å². The lowest BCUT2D eigenvalue weighted by Gasteiger charge is -2.20. The molecule has 0 radical (unpaired) electrons. The van der Waals surface area contributed by atoms with Gasteiger partial charge in [-0.3, -0.25) is 9.40 Å². The van der Waals surface area contributed by atoms with Crippen LogP contribution >= 0.6 is 0 Å². The van der Waals surface area contributed by atoms with Gasteiger partial charge in [-0.05, 0) is 42.7 Å². The molecule has 0 spiro atoms. The van der Waals surface area contributed by atoms with Crippen LogP contribution in [0.4, 0.5) is 11.4 Å². The molecule has 4 heterocycles. The molecule has 5 rings (SSSR count). The van der Waals surface area contributed by atoms with E-state index in [1.54, 1.807) is 19.3 Å². The standard InChI is InChI=1S/C22H24N6O2S/c1-4-28-14-17(16-6-5-15-9-12-26(2)19(15)13-16)21-18(7-10-23-22(21)28)27(3)31(29,30)20-8-11-24-25-20/h5-8,10-11,13-14H,4,9,12H2,1-3H3,(H,24,25). The molecule has 3 aromatic heterocycles. The summed E-state index contributed by atoms with van der Waals surface area (Å²) in [6.07, 6.45) is 6.20. The summed E-state index contributed by atoms with van der Waals surface area (Å²) in [5.74, 6) is 0. The number of sulfonamides is 1. The molecule has 160 valence electrons. The van der Waals surface area contributed by atoms with E-state index < -0.39 is 10.0 Å². The van der Waals surface area contributed by atoms with E-state index in [4.69, 9.17) is 0 Å². The first-order valence-corrected chi connectivity index (χ1v) is 11.7. The van der Waals surface area contributed by atoms with E-state index in [1.165, 1.54) is 27.8 Å². The Morgan fingerprint density at radius 3 is 2.77 bits per heavy atom. The molecule has 1 aliphatic rings. The summed E-state index contributed by atoms with van der Waals surface area (Å²) < 4.78 is 29.7. The monoisotopic (exact) mass is 436 g/mol. The van der Waals surface area contributed by atoms with Gasteiger partial charge in [0, 0.05) is 50.8 Å². The quantitative estimate of drug-likeness (QED) is 0.519. The van der Waals surface area contributed by atoms with Gasteiger partial charge in [-0.25, -0.2) is 4.98 Å². The minimum atomic E-state index is -3.78. The van der Waals surface area contributed by atoms with Crippen LogP contribution < -0.4 is 9.21 Å². The minimum absolute atomic E-state index is 0.0515. The fourth-order valence-corrected chi connectivity index (χ4v) is 5.40. The maximum atomic E-state index is 13.2. The number of hydrogen-bond donors (Lipinski definition) is 1. The Bertz CT molecular complexity index is 1370. The van der Waals surface area contributed by atoms with Crippen LogP contribution in [0.15, 0.2) is 53.9 Å². The Morgan fingerprint density at radius 1 is 1.19 bits per heavy atom. The van der Waals surface area contributed by atoms with Gasteiger partial charge in [-0.2, -0.15) is 13.5 Å². The number of benzene rings is 1. The molecule has 1 aromatic carbocycles. The van der Waals surface area contributed by atoms with Crippen molar-refractivity contribution in [2.45, 2.75) is 24.9 Å². The van der Waals surface area contributed by atoms with E-state index in [2.05, 4.69) is 63.0 Å². The van der Waals surface area contributed by atoms with Gasteiger partial charge >= 0.3 is 0 Å². The fourth-order valence-electron chi connectivity index (χ4n) is 4.29. The van der Waals surface area contributed by atoms with Crippen LogP contribution in [0.5, 0.6) is 0 Å². The summed E-state index contributed by atoms with van der Waals surface area (Å²) in [7, 11) is -0.121. The molecule has 9 heteroatoms. The predicted molar refractivity (Wildman–Crippen MR) is 122 cm³/mol. The summed E-state index contributed by atoms with van der Waals surface area (Å²) in [5.41, 5.74) is 5.91. The molecule has 4 aromatic rings. The van der Waals surface area contributed by atoms with Crippen molar-refractivity contribution in [3.05, 3.63) is 54.5 Å². The Morgan fingerprint density at radius 2 is 2.03 bits per heavy atom. The Balaban J connectivity index is 1.73. The molecule has 0 fully saturated rings. The van der Waals surface area contributed by atoms with Gasteiger partial charge in [-0.1, -0.05) is 12.1 Å². The molecule has 8 nitrogen and oxygen atoms in total. The number of aryl methyl sites for hydroxylation is 1. The van der Waals surface area contributed by atoms with Crippen LogP contribution in [0.3, 0.4) is 0 Å². The average Bonchev–Trinajstić information content (AvgIpc) is 3.52. The molecule has 0 atom stereocenters. The zero-order chi connectivity index (χ0) is 21.8. The zero-order valence-electron chi connectivity index (χ0n) is 17.7. The highest BCUT2D eigenvalue weighted by molar-refractivity contribution is 7.92. The first-order chi connectivity index (χ1) is 14.9. The van der Waals surface area contributed by atoms with Gasteiger partial charge in [0.1, 0.15) is 5.65 Å². The summed E-state index contributed by atoms with van der Waals surface area (Å²) >= 11 is 0. The van der Waals surface area contributed by atoms with Crippen LogP contribution in [0.2, 0.25) is 0 Å². The Labute approximate surface area is 181 Å². The molecular weight excluding hydrogens is 412 g/mol. The van der Waals surface area contributed by atoms with E-state index in [1.807, 2.05) is 0 Å². The van der Waals surface area contributed by atoms with Gasteiger partial charge in [0.2, 0.25) is 0 Å². The Hall–Kier alpha value is -3.33. The summed E-state index contributed by atoms with van der Waals surface area (Å²) in [4.78, 5) is 6.84. The van der Waals surface area contributed by atoms with Crippen molar-refractivity contribution in [3.63, 3.8) is 0 Å². The molecule has 31 heavy (non-hydrogen) atoms. The molecule has 1 aliphatic heterocycles. The van der Waals surface area contributed by atoms with Crippen molar-refractivity contribution < 1.29 is 8.42 Å². The lowest BCUT2D eigenvalue weighted by Crippen LogP contribution is -2.27. The lowest BCUT2D eigenvalue weighted by atomic mass is 10.0. The number of nitrogens with zero attached hydrogens (tertiary/aromatic N) is 5. The molecule has 0 unspecified atom stereocenters. The molecule has 0 bridgehead atoms. The number of likely N-dealkylation sites (N-methyl/N-ethyl adjacent to an activating group) is 1. The first kappa shape index (κ1) is 19.6. The number of pyridine rings is 1. The van der Waals surface area contributed by atoms with E-state index >= 15 is 0 Å². The van der Waals surface area contributed by atoms with Crippen LogP contribution in [0.25, 0.3) is 22.2 Å². The van der Waals surface area contributed by atoms with Crippen molar-refractivity contribution >= 4 is 32.4 Å². The van der Waals surface area contributed by atoms with Crippen LogP contribution in [0, 0.1) is 0 Å². The Kier molecular flexibility index (Phi) is 4.51. The second-order valence-corrected chi connectivity index (χ2v) is 9.70. The predicted octanol–water partition coefficient (Wildman–Crippen LogP) is 3.26. The molecule has 0 aliphatic carbocycles. The summed E-state index contributed by atoms with van der Waals surface area (Å²) in [6, 6.07) is 9.69. The van der Waals surface area contributed by atoms with Gasteiger partial charge < -0.3 is 9.47 Å². The van der Waals surface area contributed by atoms with Crippen LogP contribution in [-0.4, -0.2) is 48.8 Å². The van der Waals surface area contributed by atoms with Crippen molar-refractivity contribution in [2.75, 3.05) is 29.8 Å². The van der Waals surface area contributed by atoms with Crippen LogP contribution in [-0.2, 0) is 23.0 Å². The molecule has 0 saturated carbocycles. The number of rotatable bonds is 5. The number of aromatic amines is 1. The fraction of sp³-hybridized carbons (Fsp3) is 0.273. The van der Waals surface area contributed by atoms with Gasteiger partial charge in [0.25, 0.3) is 10.0 Å². The average molecular weight is 437 g/mol. The number of H-pyrrole nitrogens is 1. The van der Waals surface area contributed by atoms with E-state index in [9.17, 15) is 8.42 Å². The van der Waals surface area contributed by atoms with Crippen molar-refractivity contribution in [3.8, 4) is 11.1 Å². The van der Waals surface area contributed by atoms with Gasteiger partial charge in [0.15, 0.2) is 5.03 Å². The second kappa shape index (κ2) is 7.12. The lowest BCUT2D eigenvalue weighted by molar-refractivity contribution is 0.590. The normalized spacial score (nSPS) is 13.7. The number of aromatic nitrogens is 4. The summed E-state index contributed by atoms with van der Waals surface area (Å²) in [6.45, 7) is 3.79. The molecular formula is C22H24N6O2S. The van der Waals surface area contributed by atoms with Gasteiger partial charge in [0.05, 0.1) is 17.3 Å². The summed E-state index contributed by atoms with van der Waals surface area (Å²) in [5, 5.41) is 7.23. The van der Waals surface area contributed by atoms with E-state index in [-0.39, 0.29) is 5.03 Å². The minimum Gasteiger partial charge on any atom is -0.374 e. The zero-order valence-corrected chi connectivity index (χ0v) is 18.5. The molecule has 1 N–H and O–H groups in total. The van der Waals surface area contributed by atoms with Crippen LogP contribution in [0.1, 0.15) is 12.5 Å². The largest absolute Gasteiger partial charge is 0.374 e. The van der Waals surface area contributed by atoms with Crippen molar-refractivity contribution in [1.82, 2.24) is 19.7 Å². The highest BCUT2D eigenvalue weighted by Crippen LogP contribution is 2.40. The third-order valence-electron chi connectivity index (χ3n) is 6.05. The van der Waals surface area contributed by atoms with E-state index in [0.29, 0.717) is 5.69 Å². The topological polar surface area (TPSA) is 87.1 Å².